The van der Waals surface area contributed by atoms with Gasteiger partial charge in [0.05, 0.1) is 10.2 Å². The molecule has 0 saturated carbocycles. The van der Waals surface area contributed by atoms with Gasteiger partial charge in [-0.05, 0) is 58.4 Å². The van der Waals surface area contributed by atoms with E-state index in [4.69, 9.17) is 5.73 Å². The Morgan fingerprint density at radius 2 is 1.75 bits per heavy atom. The highest BCUT2D eigenvalue weighted by Gasteiger charge is 2.08. The molecule has 0 aliphatic heterocycles. The van der Waals surface area contributed by atoms with Gasteiger partial charge in [0.25, 0.3) is 0 Å². The summed E-state index contributed by atoms with van der Waals surface area (Å²) in [6.07, 6.45) is 0. The fourth-order valence-electron chi connectivity index (χ4n) is 1.82. The highest BCUT2D eigenvalue weighted by Crippen LogP contribution is 2.31. The molecular weight excluding hydrogens is 339 g/mol. The largest absolute Gasteiger partial charge is 0.399 e. The zero-order chi connectivity index (χ0) is 14.1. The van der Waals surface area contributed by atoms with Crippen LogP contribution in [0.4, 0.5) is 10.1 Å². The number of rotatable bonds is 2. The molecule has 2 nitrogen and oxygen atoms in total. The molecule has 3 aromatic rings. The van der Waals surface area contributed by atoms with Crippen LogP contribution in [-0.4, -0.2) is 4.98 Å². The number of aromatic nitrogens is 1. The molecule has 5 heteroatoms. The lowest BCUT2D eigenvalue weighted by Gasteiger charge is -1.99. The Balaban J connectivity index is 1.97. The van der Waals surface area contributed by atoms with Crippen molar-refractivity contribution in [2.75, 3.05) is 5.73 Å². The number of nitrogens with zero attached hydrogens (tertiary/aromatic N) is 1. The number of hydrogen-bond donors (Lipinski definition) is 1. The summed E-state index contributed by atoms with van der Waals surface area (Å²) >= 11 is 4.74. The van der Waals surface area contributed by atoms with Gasteiger partial charge in [-0.15, -0.1) is 11.3 Å². The third-order valence-electron chi connectivity index (χ3n) is 2.88. The molecule has 0 amide bonds. The second-order valence-electron chi connectivity index (χ2n) is 4.29. The zero-order valence-electron chi connectivity index (χ0n) is 10.3. The molecule has 0 atom stereocenters. The monoisotopic (exact) mass is 348 g/mol. The molecule has 0 aliphatic rings. The van der Waals surface area contributed by atoms with Gasteiger partial charge in [-0.2, -0.15) is 0 Å². The highest BCUT2D eigenvalue weighted by molar-refractivity contribution is 9.10. The van der Waals surface area contributed by atoms with Gasteiger partial charge in [0.15, 0.2) is 0 Å². The fourth-order valence-corrected chi connectivity index (χ4v) is 3.03. The lowest BCUT2D eigenvalue weighted by Crippen LogP contribution is -1.84. The topological polar surface area (TPSA) is 38.9 Å². The molecule has 0 spiro atoms. The predicted octanol–water partition coefficient (Wildman–Crippen LogP) is 4.96. The number of thiazole rings is 1. The Morgan fingerprint density at radius 3 is 2.45 bits per heavy atom. The van der Waals surface area contributed by atoms with Crippen molar-refractivity contribution in [3.8, 4) is 21.8 Å². The normalized spacial score (nSPS) is 10.7. The van der Waals surface area contributed by atoms with Crippen molar-refractivity contribution < 1.29 is 4.39 Å². The van der Waals surface area contributed by atoms with Gasteiger partial charge in [0.2, 0.25) is 0 Å². The lowest BCUT2D eigenvalue weighted by atomic mass is 10.1. The van der Waals surface area contributed by atoms with Crippen LogP contribution in [0, 0.1) is 5.82 Å². The maximum atomic E-state index is 13.2. The van der Waals surface area contributed by atoms with Crippen molar-refractivity contribution in [2.45, 2.75) is 0 Å². The van der Waals surface area contributed by atoms with E-state index in [9.17, 15) is 4.39 Å². The van der Waals surface area contributed by atoms with E-state index in [2.05, 4.69) is 20.9 Å². The van der Waals surface area contributed by atoms with Crippen LogP contribution in [-0.2, 0) is 0 Å². The minimum absolute atomic E-state index is 0.275. The average Bonchev–Trinajstić information content (AvgIpc) is 2.92. The van der Waals surface area contributed by atoms with Crippen LogP contribution in [0.15, 0.2) is 52.3 Å². The van der Waals surface area contributed by atoms with E-state index in [-0.39, 0.29) is 5.82 Å². The first-order valence-electron chi connectivity index (χ1n) is 5.90. The molecule has 100 valence electrons. The summed E-state index contributed by atoms with van der Waals surface area (Å²) in [4.78, 5) is 4.59. The first-order chi connectivity index (χ1) is 9.63. The van der Waals surface area contributed by atoms with Gasteiger partial charge in [-0.3, -0.25) is 0 Å². The van der Waals surface area contributed by atoms with Crippen molar-refractivity contribution in [1.82, 2.24) is 4.98 Å². The van der Waals surface area contributed by atoms with Crippen molar-refractivity contribution in [3.05, 3.63) is 58.1 Å². The first kappa shape index (κ1) is 13.3. The van der Waals surface area contributed by atoms with Crippen molar-refractivity contribution in [3.63, 3.8) is 0 Å². The number of nitrogen functional groups attached to an aromatic ring is 1. The molecule has 0 aliphatic carbocycles. The second-order valence-corrected chi connectivity index (χ2v) is 6.00. The minimum atomic E-state index is -0.275. The number of hydrogen-bond acceptors (Lipinski definition) is 3. The quantitative estimate of drug-likeness (QED) is 0.664. The van der Waals surface area contributed by atoms with Crippen LogP contribution in [0.3, 0.4) is 0 Å². The van der Waals surface area contributed by atoms with Crippen LogP contribution < -0.4 is 5.73 Å². The van der Waals surface area contributed by atoms with Crippen LogP contribution >= 0.6 is 27.3 Å². The van der Waals surface area contributed by atoms with E-state index in [0.29, 0.717) is 4.47 Å². The molecule has 3 rings (SSSR count). The summed E-state index contributed by atoms with van der Waals surface area (Å²) < 4.78 is 13.7. The number of benzene rings is 2. The van der Waals surface area contributed by atoms with Gasteiger partial charge in [-0.1, -0.05) is 0 Å². The molecule has 2 N–H and O–H groups in total. The molecule has 2 aromatic carbocycles. The highest BCUT2D eigenvalue weighted by atomic mass is 79.9. The van der Waals surface area contributed by atoms with E-state index in [0.717, 1.165) is 27.5 Å². The first-order valence-corrected chi connectivity index (χ1v) is 7.57. The number of halogens is 2. The van der Waals surface area contributed by atoms with Crippen molar-refractivity contribution in [2.24, 2.45) is 0 Å². The summed E-state index contributed by atoms with van der Waals surface area (Å²) in [6.45, 7) is 0. The molecule has 0 bridgehead atoms. The fraction of sp³-hybridized carbons (Fsp3) is 0. The van der Waals surface area contributed by atoms with Gasteiger partial charge in [0.1, 0.15) is 10.8 Å². The third-order valence-corrected chi connectivity index (χ3v) is 4.38. The van der Waals surface area contributed by atoms with E-state index in [1.807, 2.05) is 29.6 Å². The van der Waals surface area contributed by atoms with E-state index in [1.54, 1.807) is 23.5 Å². The molecule has 1 heterocycles. The molecular formula is C15H10BrFN2S. The molecule has 20 heavy (non-hydrogen) atoms. The van der Waals surface area contributed by atoms with E-state index >= 15 is 0 Å². The summed E-state index contributed by atoms with van der Waals surface area (Å²) in [5.74, 6) is -0.275. The Hall–Kier alpha value is -1.72. The Morgan fingerprint density at radius 1 is 1.05 bits per heavy atom. The second kappa shape index (κ2) is 5.34. The minimum Gasteiger partial charge on any atom is -0.399 e. The predicted molar refractivity (Wildman–Crippen MR) is 85.1 cm³/mol. The van der Waals surface area contributed by atoms with Crippen LogP contribution in [0.1, 0.15) is 0 Å². The molecule has 0 saturated heterocycles. The maximum Gasteiger partial charge on any atom is 0.137 e. The van der Waals surface area contributed by atoms with Crippen molar-refractivity contribution >= 4 is 33.0 Å². The standard InChI is InChI=1S/C15H10BrFN2S/c16-12-7-10(3-6-13(12)17)14-8-20-15(19-14)9-1-4-11(18)5-2-9/h1-8H,18H2. The summed E-state index contributed by atoms with van der Waals surface area (Å²) in [5, 5.41) is 2.88. The Labute approximate surface area is 128 Å². The molecule has 1 aromatic heterocycles. The van der Waals surface area contributed by atoms with Gasteiger partial charge in [-0.25, -0.2) is 9.37 Å². The van der Waals surface area contributed by atoms with E-state index < -0.39 is 0 Å². The summed E-state index contributed by atoms with van der Waals surface area (Å²) in [5.41, 5.74) is 9.15. The Kier molecular flexibility index (Phi) is 3.54. The number of anilines is 1. The van der Waals surface area contributed by atoms with Gasteiger partial charge >= 0.3 is 0 Å². The van der Waals surface area contributed by atoms with Crippen LogP contribution in [0.25, 0.3) is 21.8 Å². The SMILES string of the molecule is Nc1ccc(-c2nc(-c3ccc(F)c(Br)c3)cs2)cc1. The smallest absolute Gasteiger partial charge is 0.137 e. The average molecular weight is 349 g/mol. The molecule has 0 radical (unpaired) electrons. The Bertz CT molecular complexity index is 753. The zero-order valence-corrected chi connectivity index (χ0v) is 12.7. The van der Waals surface area contributed by atoms with E-state index in [1.165, 1.54) is 6.07 Å². The van der Waals surface area contributed by atoms with Crippen LogP contribution in [0.2, 0.25) is 0 Å². The maximum absolute atomic E-state index is 13.2. The third kappa shape index (κ3) is 2.59. The summed E-state index contributed by atoms with van der Waals surface area (Å²) in [7, 11) is 0. The number of nitrogens with two attached hydrogens (primary N) is 1. The summed E-state index contributed by atoms with van der Waals surface area (Å²) in [6, 6.07) is 12.5. The molecule has 0 fully saturated rings. The van der Waals surface area contributed by atoms with Gasteiger partial charge < -0.3 is 5.73 Å². The molecule has 0 unspecified atom stereocenters. The van der Waals surface area contributed by atoms with Crippen molar-refractivity contribution in [1.29, 1.82) is 0 Å². The lowest BCUT2D eigenvalue weighted by molar-refractivity contribution is 0.621. The van der Waals surface area contributed by atoms with Crippen LogP contribution in [0.5, 0.6) is 0 Å². The van der Waals surface area contributed by atoms with Gasteiger partial charge in [0, 0.05) is 22.2 Å².